The van der Waals surface area contributed by atoms with Crippen LogP contribution in [0.1, 0.15) is 58.3 Å². The molecule has 1 N–H and O–H groups in total. The number of unbranched alkanes of at least 4 members (excludes halogenated alkanes) is 3. The molecule has 2 fully saturated rings. The molecule has 0 aliphatic carbocycles. The number of nitrogens with one attached hydrogen (secondary N) is 1. The Bertz CT molecular complexity index is 130. The standard InChI is InChI=1S/C10H21N.C4H9N/c1-2-3-4-5-8-11-9-6-7-10-11;1-2-4-5-3-1/h2-10H2,1H3;5H,1-4H2. The Morgan fingerprint density at radius 3 is 2.06 bits per heavy atom. The van der Waals surface area contributed by atoms with Gasteiger partial charge in [0.05, 0.1) is 0 Å². The van der Waals surface area contributed by atoms with Gasteiger partial charge in [0.15, 0.2) is 0 Å². The maximum atomic E-state index is 3.22. The highest BCUT2D eigenvalue weighted by molar-refractivity contribution is 4.65. The van der Waals surface area contributed by atoms with Crippen molar-refractivity contribution in [2.45, 2.75) is 58.3 Å². The summed E-state index contributed by atoms with van der Waals surface area (Å²) in [7, 11) is 0. The van der Waals surface area contributed by atoms with E-state index in [1.807, 2.05) is 0 Å². The SMILES string of the molecule is C1CCNC1.CCCCCCN1CCCC1. The predicted octanol–water partition coefficient (Wildman–Crippen LogP) is 3.03. The molecule has 0 aromatic carbocycles. The Morgan fingerprint density at radius 1 is 0.875 bits per heavy atom. The molecule has 96 valence electrons. The molecule has 16 heavy (non-hydrogen) atoms. The second-order valence-electron chi connectivity index (χ2n) is 5.07. The van der Waals surface area contributed by atoms with E-state index in [2.05, 4.69) is 17.1 Å². The maximum absolute atomic E-state index is 3.22. The minimum Gasteiger partial charge on any atom is -0.317 e. The maximum Gasteiger partial charge on any atom is -0.00183 e. The average Bonchev–Trinajstić information content (AvgIpc) is 2.99. The van der Waals surface area contributed by atoms with E-state index in [1.165, 1.54) is 84.1 Å². The Labute approximate surface area is 102 Å². The molecule has 2 aliphatic heterocycles. The van der Waals surface area contributed by atoms with E-state index < -0.39 is 0 Å². The van der Waals surface area contributed by atoms with Crippen LogP contribution in [-0.4, -0.2) is 37.6 Å². The minimum atomic E-state index is 1.25. The predicted molar refractivity (Wildman–Crippen MR) is 71.9 cm³/mol. The first-order valence-corrected chi connectivity index (χ1v) is 7.36. The zero-order valence-electron chi connectivity index (χ0n) is 11.1. The average molecular weight is 226 g/mol. The van der Waals surface area contributed by atoms with Crippen LogP contribution in [0.4, 0.5) is 0 Å². The topological polar surface area (TPSA) is 15.3 Å². The summed E-state index contributed by atoms with van der Waals surface area (Å²) in [5, 5.41) is 3.22. The van der Waals surface area contributed by atoms with Gasteiger partial charge < -0.3 is 10.2 Å². The lowest BCUT2D eigenvalue weighted by Crippen LogP contribution is -2.20. The van der Waals surface area contributed by atoms with Crippen molar-refractivity contribution in [2.24, 2.45) is 0 Å². The van der Waals surface area contributed by atoms with Crippen LogP contribution in [0, 0.1) is 0 Å². The fourth-order valence-corrected chi connectivity index (χ4v) is 2.39. The van der Waals surface area contributed by atoms with Crippen LogP contribution < -0.4 is 5.32 Å². The quantitative estimate of drug-likeness (QED) is 0.725. The van der Waals surface area contributed by atoms with Crippen molar-refractivity contribution in [3.05, 3.63) is 0 Å². The largest absolute Gasteiger partial charge is 0.317 e. The molecule has 0 unspecified atom stereocenters. The summed E-state index contributed by atoms with van der Waals surface area (Å²) in [6.45, 7) is 8.87. The number of hydrogen-bond acceptors (Lipinski definition) is 2. The fraction of sp³-hybridized carbons (Fsp3) is 1.00. The monoisotopic (exact) mass is 226 g/mol. The van der Waals surface area contributed by atoms with Crippen LogP contribution in [0.3, 0.4) is 0 Å². The van der Waals surface area contributed by atoms with Gasteiger partial charge in [-0.05, 0) is 64.8 Å². The van der Waals surface area contributed by atoms with E-state index in [0.29, 0.717) is 0 Å². The second kappa shape index (κ2) is 10.1. The van der Waals surface area contributed by atoms with E-state index in [9.17, 15) is 0 Å². The molecule has 0 radical (unpaired) electrons. The molecule has 0 bridgehead atoms. The fourth-order valence-electron chi connectivity index (χ4n) is 2.39. The molecule has 2 rings (SSSR count). The van der Waals surface area contributed by atoms with Gasteiger partial charge in [-0.3, -0.25) is 0 Å². The third kappa shape index (κ3) is 7.24. The first-order valence-electron chi connectivity index (χ1n) is 7.36. The highest BCUT2D eigenvalue weighted by Crippen LogP contribution is 2.09. The van der Waals surface area contributed by atoms with Crippen molar-refractivity contribution in [2.75, 3.05) is 32.7 Å². The normalized spacial score (nSPS) is 20.8. The Balaban J connectivity index is 0.000000212. The van der Waals surface area contributed by atoms with Crippen molar-refractivity contribution >= 4 is 0 Å². The molecule has 2 heteroatoms. The molecule has 2 aliphatic rings. The zero-order chi connectivity index (χ0) is 11.5. The molecule has 0 amide bonds. The van der Waals surface area contributed by atoms with E-state index in [0.717, 1.165) is 0 Å². The molecule has 2 heterocycles. The van der Waals surface area contributed by atoms with E-state index in [4.69, 9.17) is 0 Å². The van der Waals surface area contributed by atoms with Gasteiger partial charge in [-0.1, -0.05) is 26.2 Å². The van der Waals surface area contributed by atoms with Crippen LogP contribution in [0.15, 0.2) is 0 Å². The number of hydrogen-bond donors (Lipinski definition) is 1. The van der Waals surface area contributed by atoms with Crippen molar-refractivity contribution in [1.29, 1.82) is 0 Å². The molecule has 0 saturated carbocycles. The van der Waals surface area contributed by atoms with Gasteiger partial charge in [-0.15, -0.1) is 0 Å². The Morgan fingerprint density at radius 2 is 1.56 bits per heavy atom. The summed E-state index contributed by atoms with van der Waals surface area (Å²) in [5.41, 5.74) is 0. The van der Waals surface area contributed by atoms with E-state index in [1.54, 1.807) is 0 Å². The molecule has 2 saturated heterocycles. The third-order valence-electron chi connectivity index (χ3n) is 3.48. The molecule has 0 spiro atoms. The van der Waals surface area contributed by atoms with Crippen LogP contribution in [0.2, 0.25) is 0 Å². The highest BCUT2D eigenvalue weighted by Gasteiger charge is 2.09. The van der Waals surface area contributed by atoms with Crippen molar-refractivity contribution in [3.63, 3.8) is 0 Å². The lowest BCUT2D eigenvalue weighted by atomic mass is 10.2. The Hall–Kier alpha value is -0.0800. The van der Waals surface area contributed by atoms with Gasteiger partial charge in [0.2, 0.25) is 0 Å². The molecular weight excluding hydrogens is 196 g/mol. The van der Waals surface area contributed by atoms with E-state index in [-0.39, 0.29) is 0 Å². The lowest BCUT2D eigenvalue weighted by Gasteiger charge is -2.13. The second-order valence-corrected chi connectivity index (χ2v) is 5.07. The summed E-state index contributed by atoms with van der Waals surface area (Å²) in [5.74, 6) is 0. The van der Waals surface area contributed by atoms with E-state index >= 15 is 0 Å². The van der Waals surface area contributed by atoms with Gasteiger partial charge in [-0.25, -0.2) is 0 Å². The molecule has 0 aromatic rings. The first kappa shape index (κ1) is 14.0. The molecule has 0 aromatic heterocycles. The van der Waals surface area contributed by atoms with Gasteiger partial charge in [-0.2, -0.15) is 0 Å². The first-order chi connectivity index (χ1) is 7.93. The summed E-state index contributed by atoms with van der Waals surface area (Å²) in [4.78, 5) is 2.61. The molecular formula is C14H30N2. The van der Waals surface area contributed by atoms with Gasteiger partial charge in [0, 0.05) is 0 Å². The third-order valence-corrected chi connectivity index (χ3v) is 3.48. The summed E-state index contributed by atoms with van der Waals surface area (Å²) in [6, 6.07) is 0. The van der Waals surface area contributed by atoms with Crippen molar-refractivity contribution in [1.82, 2.24) is 10.2 Å². The zero-order valence-corrected chi connectivity index (χ0v) is 11.1. The van der Waals surface area contributed by atoms with Gasteiger partial charge in [0.25, 0.3) is 0 Å². The van der Waals surface area contributed by atoms with Gasteiger partial charge in [0.1, 0.15) is 0 Å². The van der Waals surface area contributed by atoms with Crippen LogP contribution in [0.25, 0.3) is 0 Å². The van der Waals surface area contributed by atoms with Crippen molar-refractivity contribution < 1.29 is 0 Å². The van der Waals surface area contributed by atoms with Crippen molar-refractivity contribution in [3.8, 4) is 0 Å². The van der Waals surface area contributed by atoms with Crippen LogP contribution in [-0.2, 0) is 0 Å². The number of likely N-dealkylation sites (tertiary alicyclic amines) is 1. The Kier molecular flexibility index (Phi) is 8.83. The summed E-state index contributed by atoms with van der Waals surface area (Å²) in [6.07, 6.45) is 11.3. The summed E-state index contributed by atoms with van der Waals surface area (Å²) >= 11 is 0. The van der Waals surface area contributed by atoms with Gasteiger partial charge >= 0.3 is 0 Å². The smallest absolute Gasteiger partial charge is 0.00183 e. The summed E-state index contributed by atoms with van der Waals surface area (Å²) < 4.78 is 0. The minimum absolute atomic E-state index is 1.25. The van der Waals surface area contributed by atoms with Crippen LogP contribution >= 0.6 is 0 Å². The van der Waals surface area contributed by atoms with Crippen LogP contribution in [0.5, 0.6) is 0 Å². The lowest BCUT2D eigenvalue weighted by molar-refractivity contribution is 0.328. The number of rotatable bonds is 5. The highest BCUT2D eigenvalue weighted by atomic mass is 15.1. The number of nitrogens with zero attached hydrogens (tertiary/aromatic N) is 1. The molecule has 0 atom stereocenters. The molecule has 2 nitrogen and oxygen atoms in total.